The molecule has 156 valence electrons. The third-order valence-electron chi connectivity index (χ3n) is 4.94. The molecule has 0 saturated carbocycles. The molecule has 1 aliphatic heterocycles. The topological polar surface area (TPSA) is 94.6 Å². The second-order valence-electron chi connectivity index (χ2n) is 6.90. The number of hydrogen-bond acceptors (Lipinski definition) is 7. The van der Waals surface area contributed by atoms with Gasteiger partial charge in [-0.1, -0.05) is 31.2 Å². The van der Waals surface area contributed by atoms with E-state index in [1.807, 2.05) is 41.8 Å². The molecule has 3 aromatic rings. The van der Waals surface area contributed by atoms with Crippen molar-refractivity contribution in [1.29, 1.82) is 5.26 Å². The van der Waals surface area contributed by atoms with E-state index in [-0.39, 0.29) is 18.4 Å². The Hall–Kier alpha value is -3.76. The Labute approximate surface area is 184 Å². The number of fused-ring (bicyclic) bond motifs is 1. The third kappa shape index (κ3) is 4.39. The predicted octanol–water partition coefficient (Wildman–Crippen LogP) is 4.51. The van der Waals surface area contributed by atoms with Crippen LogP contribution in [0.2, 0.25) is 0 Å². The number of aryl methyl sites for hydroxylation is 1. The molecule has 1 aromatic heterocycles. The molecule has 0 aliphatic carbocycles. The first-order valence-electron chi connectivity index (χ1n) is 9.76. The van der Waals surface area contributed by atoms with Crippen LogP contribution < -0.4 is 19.9 Å². The van der Waals surface area contributed by atoms with E-state index in [2.05, 4.69) is 13.0 Å². The van der Waals surface area contributed by atoms with Crippen LogP contribution in [0.3, 0.4) is 0 Å². The van der Waals surface area contributed by atoms with Gasteiger partial charge in [0.15, 0.2) is 6.61 Å². The Morgan fingerprint density at radius 3 is 2.65 bits per heavy atom. The van der Waals surface area contributed by atoms with Crippen LogP contribution >= 0.6 is 11.3 Å². The number of rotatable bonds is 6. The van der Waals surface area contributed by atoms with Gasteiger partial charge in [0.1, 0.15) is 28.9 Å². The zero-order chi connectivity index (χ0) is 21.8. The summed E-state index contributed by atoms with van der Waals surface area (Å²) in [5, 5.41) is 11.5. The summed E-state index contributed by atoms with van der Waals surface area (Å²) in [6, 6.07) is 18.7. The largest absolute Gasteiger partial charge is 0.482 e. The smallest absolute Gasteiger partial charge is 0.349 e. The van der Waals surface area contributed by atoms with Crippen molar-refractivity contribution < 1.29 is 19.0 Å². The number of nitriles is 1. The number of allylic oxidation sites excluding steroid dienone is 1. The highest BCUT2D eigenvalue weighted by molar-refractivity contribution is 7.10. The van der Waals surface area contributed by atoms with Gasteiger partial charge in [0.25, 0.3) is 0 Å². The predicted molar refractivity (Wildman–Crippen MR) is 117 cm³/mol. The van der Waals surface area contributed by atoms with Gasteiger partial charge in [-0.15, -0.1) is 11.3 Å². The van der Waals surface area contributed by atoms with Crippen LogP contribution in [0.25, 0.3) is 0 Å². The Kier molecular flexibility index (Phi) is 5.92. The Morgan fingerprint density at radius 1 is 1.19 bits per heavy atom. The summed E-state index contributed by atoms with van der Waals surface area (Å²) in [5.41, 5.74) is 8.34. The number of esters is 1. The summed E-state index contributed by atoms with van der Waals surface area (Å²) in [5.74, 6) is 0.571. The number of hydrogen-bond donors (Lipinski definition) is 1. The van der Waals surface area contributed by atoms with E-state index >= 15 is 0 Å². The molecule has 31 heavy (non-hydrogen) atoms. The first-order valence-corrected chi connectivity index (χ1v) is 10.6. The molecule has 0 fully saturated rings. The second kappa shape index (κ2) is 8.94. The van der Waals surface area contributed by atoms with E-state index in [1.54, 1.807) is 18.2 Å². The van der Waals surface area contributed by atoms with Crippen molar-refractivity contribution in [3.63, 3.8) is 0 Å². The lowest BCUT2D eigenvalue weighted by atomic mass is 9.88. The average molecular weight is 433 g/mol. The molecule has 7 heteroatoms. The van der Waals surface area contributed by atoms with Crippen LogP contribution in [-0.4, -0.2) is 12.6 Å². The van der Waals surface area contributed by atoms with Gasteiger partial charge in [-0.3, -0.25) is 0 Å². The third-order valence-corrected chi connectivity index (χ3v) is 5.88. The Bertz CT molecular complexity index is 1160. The molecular formula is C24H20N2O4S. The standard InChI is InChI=1S/C24H20N2O4S/c1-2-15-5-7-16(8-6-15)28-14-22(27)29-17-9-10-18-20(12-17)30-24(26)19(13-25)23(18)21-4-3-11-31-21/h3-12,23H,2,14,26H2,1H3. The minimum Gasteiger partial charge on any atom is -0.482 e. The summed E-state index contributed by atoms with van der Waals surface area (Å²) in [4.78, 5) is 13.2. The van der Waals surface area contributed by atoms with Gasteiger partial charge in [-0.2, -0.15) is 5.26 Å². The van der Waals surface area contributed by atoms with Crippen molar-refractivity contribution in [2.75, 3.05) is 6.61 Å². The summed E-state index contributed by atoms with van der Waals surface area (Å²) < 4.78 is 16.5. The molecule has 0 radical (unpaired) electrons. The van der Waals surface area contributed by atoms with Crippen molar-refractivity contribution in [1.82, 2.24) is 0 Å². The van der Waals surface area contributed by atoms with Gasteiger partial charge >= 0.3 is 5.97 Å². The fraction of sp³-hybridized carbons (Fsp3) is 0.167. The van der Waals surface area contributed by atoms with Crippen LogP contribution in [0.5, 0.6) is 17.2 Å². The molecule has 0 spiro atoms. The van der Waals surface area contributed by atoms with Gasteiger partial charge in [0.05, 0.1) is 5.92 Å². The molecule has 2 heterocycles. The number of nitrogens with two attached hydrogens (primary N) is 1. The lowest BCUT2D eigenvalue weighted by molar-refractivity contribution is -0.136. The molecule has 2 aromatic carbocycles. The molecule has 0 bridgehead atoms. The minimum absolute atomic E-state index is 0.0516. The normalized spacial score (nSPS) is 14.9. The van der Waals surface area contributed by atoms with E-state index in [0.29, 0.717) is 22.8 Å². The molecule has 2 N–H and O–H groups in total. The van der Waals surface area contributed by atoms with Crippen molar-refractivity contribution in [2.45, 2.75) is 19.3 Å². The van der Waals surface area contributed by atoms with Gasteiger partial charge in [-0.25, -0.2) is 4.79 Å². The molecule has 0 amide bonds. The van der Waals surface area contributed by atoms with Gasteiger partial charge < -0.3 is 19.9 Å². The lowest BCUT2D eigenvalue weighted by Crippen LogP contribution is -2.21. The average Bonchev–Trinajstić information content (AvgIpc) is 3.31. The quantitative estimate of drug-likeness (QED) is 0.455. The number of benzene rings is 2. The first-order chi connectivity index (χ1) is 15.1. The van der Waals surface area contributed by atoms with Crippen molar-refractivity contribution in [3.8, 4) is 23.3 Å². The van der Waals surface area contributed by atoms with Crippen LogP contribution in [0.1, 0.15) is 28.8 Å². The van der Waals surface area contributed by atoms with Gasteiger partial charge in [-0.05, 0) is 41.6 Å². The number of nitrogens with zero attached hydrogens (tertiary/aromatic N) is 1. The van der Waals surface area contributed by atoms with Crippen LogP contribution in [0.4, 0.5) is 0 Å². The number of ether oxygens (including phenoxy) is 3. The maximum absolute atomic E-state index is 12.2. The summed E-state index contributed by atoms with van der Waals surface area (Å²) in [6.45, 7) is 1.85. The van der Waals surface area contributed by atoms with Crippen LogP contribution in [-0.2, 0) is 11.2 Å². The highest BCUT2D eigenvalue weighted by Gasteiger charge is 2.31. The van der Waals surface area contributed by atoms with Crippen molar-refractivity contribution in [3.05, 3.63) is 87.4 Å². The summed E-state index contributed by atoms with van der Waals surface area (Å²) >= 11 is 1.54. The maximum Gasteiger partial charge on any atom is 0.349 e. The van der Waals surface area contributed by atoms with Gasteiger partial charge in [0.2, 0.25) is 5.88 Å². The number of thiophene rings is 1. The van der Waals surface area contributed by atoms with E-state index in [4.69, 9.17) is 19.9 Å². The second-order valence-corrected chi connectivity index (χ2v) is 7.88. The fourth-order valence-electron chi connectivity index (χ4n) is 3.37. The van der Waals surface area contributed by atoms with E-state index < -0.39 is 5.97 Å². The monoisotopic (exact) mass is 432 g/mol. The SMILES string of the molecule is CCc1ccc(OCC(=O)Oc2ccc3c(c2)OC(N)=C(C#N)C3c2cccs2)cc1. The van der Waals surface area contributed by atoms with Crippen LogP contribution in [0.15, 0.2) is 71.4 Å². The zero-order valence-electron chi connectivity index (χ0n) is 16.8. The molecule has 1 atom stereocenters. The van der Waals surface area contributed by atoms with E-state index in [1.165, 1.54) is 16.9 Å². The molecule has 6 nitrogen and oxygen atoms in total. The molecule has 1 aliphatic rings. The van der Waals surface area contributed by atoms with Crippen LogP contribution in [0, 0.1) is 11.3 Å². The minimum atomic E-state index is -0.536. The Balaban J connectivity index is 1.48. The highest BCUT2D eigenvalue weighted by Crippen LogP contribution is 2.44. The lowest BCUT2D eigenvalue weighted by Gasteiger charge is -2.25. The highest BCUT2D eigenvalue weighted by atomic mass is 32.1. The maximum atomic E-state index is 12.2. The molecule has 0 saturated heterocycles. The first kappa shape index (κ1) is 20.5. The summed E-state index contributed by atoms with van der Waals surface area (Å²) in [7, 11) is 0. The molecule has 4 rings (SSSR count). The van der Waals surface area contributed by atoms with E-state index in [0.717, 1.165) is 16.9 Å². The van der Waals surface area contributed by atoms with Crippen molar-refractivity contribution in [2.24, 2.45) is 5.73 Å². The van der Waals surface area contributed by atoms with Crippen molar-refractivity contribution >= 4 is 17.3 Å². The Morgan fingerprint density at radius 2 is 1.97 bits per heavy atom. The van der Waals surface area contributed by atoms with E-state index in [9.17, 15) is 10.1 Å². The summed E-state index contributed by atoms with van der Waals surface area (Å²) in [6.07, 6.45) is 0.936. The zero-order valence-corrected chi connectivity index (χ0v) is 17.6. The fourth-order valence-corrected chi connectivity index (χ4v) is 4.22. The van der Waals surface area contributed by atoms with Gasteiger partial charge in [0, 0.05) is 16.5 Å². The number of carbonyl (C=O) groups is 1. The molecular weight excluding hydrogens is 412 g/mol. The molecule has 1 unspecified atom stereocenters. The number of carbonyl (C=O) groups excluding carboxylic acids is 1.